The zero-order chi connectivity index (χ0) is 37.8. The van der Waals surface area contributed by atoms with E-state index in [4.69, 9.17) is 21.4 Å². The van der Waals surface area contributed by atoms with E-state index in [1.165, 1.54) is 62.9 Å². The number of anilines is 1. The molecule has 4 aliphatic heterocycles. The SMILES string of the molecule is CCCC1C(C)C/C=C/C(CN2CCN3CCCCC3C2)C2CCC2CN2CC3(CCCc4cc(Cl)ccc43)COc3ccc(cc32)C(=O)NS1=O.CO. The number of ether oxygens (including phenoxy) is 1. The Morgan fingerprint density at radius 1 is 1.04 bits per heavy atom. The van der Waals surface area contributed by atoms with E-state index in [1.54, 1.807) is 0 Å². The molecule has 8 rings (SSSR count). The summed E-state index contributed by atoms with van der Waals surface area (Å²) in [4.78, 5) is 21.9. The summed E-state index contributed by atoms with van der Waals surface area (Å²) < 4.78 is 23.6. The van der Waals surface area contributed by atoms with E-state index < -0.39 is 11.0 Å². The van der Waals surface area contributed by atoms with Crippen LogP contribution >= 0.6 is 11.6 Å². The maximum Gasteiger partial charge on any atom is 0.263 e. The lowest BCUT2D eigenvalue weighted by atomic mass is 9.65. The first-order chi connectivity index (χ1) is 26.3. The van der Waals surface area contributed by atoms with Crippen LogP contribution in [0.15, 0.2) is 48.6 Å². The van der Waals surface area contributed by atoms with E-state index in [9.17, 15) is 9.00 Å². The number of aliphatic hydroxyl groups is 1. The average molecular weight is 780 g/mol. The molecule has 2 saturated heterocycles. The van der Waals surface area contributed by atoms with Crippen molar-refractivity contribution in [2.24, 2.45) is 23.7 Å². The maximum atomic E-state index is 13.9. The monoisotopic (exact) mass is 778 g/mol. The van der Waals surface area contributed by atoms with Crippen LogP contribution in [-0.2, 0) is 22.8 Å². The summed E-state index contributed by atoms with van der Waals surface area (Å²) in [5.41, 5.74) is 4.08. The van der Waals surface area contributed by atoms with E-state index in [0.29, 0.717) is 36.0 Å². The molecule has 2 N–H and O–H groups in total. The lowest BCUT2D eigenvalue weighted by molar-refractivity contribution is 0.0281. The predicted molar refractivity (Wildman–Crippen MR) is 221 cm³/mol. The normalized spacial score (nSPS) is 33.7. The van der Waals surface area contributed by atoms with Gasteiger partial charge in [0.25, 0.3) is 5.91 Å². The van der Waals surface area contributed by atoms with Gasteiger partial charge < -0.3 is 14.7 Å². The number of carbonyl (C=O) groups is 1. The van der Waals surface area contributed by atoms with Gasteiger partial charge in [-0.1, -0.05) is 56.5 Å². The number of hydrogen-bond donors (Lipinski definition) is 2. The van der Waals surface area contributed by atoms with Crippen molar-refractivity contribution in [2.75, 3.05) is 64.4 Å². The fourth-order valence-electron chi connectivity index (χ4n) is 10.7. The third-order valence-electron chi connectivity index (χ3n) is 13.7. The lowest BCUT2D eigenvalue weighted by Gasteiger charge is -2.49. The molecule has 0 radical (unpaired) electrons. The largest absolute Gasteiger partial charge is 0.490 e. The maximum absolute atomic E-state index is 13.9. The van der Waals surface area contributed by atoms with Gasteiger partial charge in [0.1, 0.15) is 16.7 Å². The number of nitrogens with one attached hydrogen (secondary N) is 1. The smallest absolute Gasteiger partial charge is 0.263 e. The summed E-state index contributed by atoms with van der Waals surface area (Å²) in [5.74, 6) is 2.43. The highest BCUT2D eigenvalue weighted by Crippen LogP contribution is 2.48. The Balaban J connectivity index is 0.00000221. The van der Waals surface area contributed by atoms with Crippen molar-refractivity contribution in [1.82, 2.24) is 14.5 Å². The highest BCUT2D eigenvalue weighted by molar-refractivity contribution is 7.84. The molecule has 2 bridgehead atoms. The van der Waals surface area contributed by atoms with Gasteiger partial charge in [-0.15, -0.1) is 0 Å². The van der Waals surface area contributed by atoms with Crippen molar-refractivity contribution < 1.29 is 18.8 Å². The number of aliphatic hydroxyl groups excluding tert-OH is 1. The van der Waals surface area contributed by atoms with Crippen LogP contribution in [0.3, 0.4) is 0 Å². The quantitative estimate of drug-likeness (QED) is 0.314. The number of hydrogen-bond acceptors (Lipinski definition) is 7. The number of carbonyl (C=O) groups excluding carboxylic acids is 1. The van der Waals surface area contributed by atoms with Gasteiger partial charge in [-0.05, 0) is 129 Å². The Labute approximate surface area is 331 Å². The van der Waals surface area contributed by atoms with E-state index in [1.807, 2.05) is 24.3 Å². The zero-order valence-corrected chi connectivity index (χ0v) is 34.4. The molecule has 1 spiro atoms. The summed E-state index contributed by atoms with van der Waals surface area (Å²) >= 11 is 6.53. The molecule has 3 fully saturated rings. The second-order valence-corrected chi connectivity index (χ2v) is 18.9. The first-order valence-corrected chi connectivity index (χ1v) is 22.5. The van der Waals surface area contributed by atoms with Gasteiger partial charge >= 0.3 is 0 Å². The third kappa shape index (κ3) is 8.46. The second kappa shape index (κ2) is 17.8. The molecular weight excluding hydrogens is 716 g/mol. The molecule has 10 heteroatoms. The fraction of sp³-hybridized carbons (Fsp3) is 0.659. The first-order valence-electron chi connectivity index (χ1n) is 20.9. The molecule has 8 unspecified atom stereocenters. The predicted octanol–water partition coefficient (Wildman–Crippen LogP) is 7.39. The highest BCUT2D eigenvalue weighted by Gasteiger charge is 2.45. The molecule has 1 amide bonds. The number of aryl methyl sites for hydroxylation is 1. The topological polar surface area (TPSA) is 85.4 Å². The number of rotatable bonds is 4. The van der Waals surface area contributed by atoms with Crippen LogP contribution in [0.2, 0.25) is 5.02 Å². The minimum Gasteiger partial charge on any atom is -0.490 e. The molecule has 8 atom stereocenters. The summed E-state index contributed by atoms with van der Waals surface area (Å²) in [7, 11) is -0.483. The Kier molecular flexibility index (Phi) is 13.1. The molecule has 54 heavy (non-hydrogen) atoms. The van der Waals surface area contributed by atoms with Gasteiger partial charge in [-0.3, -0.25) is 19.3 Å². The van der Waals surface area contributed by atoms with Gasteiger partial charge in [0, 0.05) is 68.4 Å². The van der Waals surface area contributed by atoms with Crippen molar-refractivity contribution in [1.29, 1.82) is 0 Å². The molecule has 4 heterocycles. The van der Waals surface area contributed by atoms with E-state index in [0.717, 1.165) is 88.3 Å². The van der Waals surface area contributed by atoms with Crippen LogP contribution in [0.25, 0.3) is 0 Å². The van der Waals surface area contributed by atoms with E-state index >= 15 is 0 Å². The van der Waals surface area contributed by atoms with Crippen LogP contribution in [-0.4, -0.2) is 95.8 Å². The van der Waals surface area contributed by atoms with Crippen LogP contribution in [0.1, 0.15) is 99.5 Å². The van der Waals surface area contributed by atoms with Gasteiger partial charge in [0.15, 0.2) is 0 Å². The lowest BCUT2D eigenvalue weighted by Crippen LogP contribution is -2.56. The van der Waals surface area contributed by atoms with E-state index in [-0.39, 0.29) is 22.5 Å². The van der Waals surface area contributed by atoms with Crippen molar-refractivity contribution in [3.63, 3.8) is 0 Å². The second-order valence-electron chi connectivity index (χ2n) is 17.1. The molecule has 8 nitrogen and oxygen atoms in total. The average Bonchev–Trinajstić information content (AvgIpc) is 3.32. The Morgan fingerprint density at radius 2 is 1.91 bits per heavy atom. The summed E-state index contributed by atoms with van der Waals surface area (Å²) in [6.45, 7) is 12.7. The standard InChI is InChI=1S/C43H59ClN4O3S.CH4O/c1-3-8-41-30(2)9-6-10-33(25-46-21-22-47-20-5-4-12-36(47)27-46)37-16-13-34(37)26-48-28-43(19-7-11-31-23-35(44)15-17-38(31)43)29-51-40-18-14-32(24-39(40)48)42(49)45-52(41)50;1-2/h6,10,14-15,17-18,23-24,30,33-34,36-37,41H,3-5,7-9,11-13,16,19-22,25-29H2,1-2H3,(H,45,49);2H,1H3/b10-6+;. The Hall–Kier alpha value is -2.43. The number of allylic oxidation sites excluding steroid dienone is 1. The first kappa shape index (κ1) is 39.8. The molecule has 0 aromatic heterocycles. The van der Waals surface area contributed by atoms with Crippen molar-refractivity contribution in [2.45, 2.75) is 101 Å². The fourth-order valence-corrected chi connectivity index (χ4v) is 12.3. The molecule has 2 aliphatic carbocycles. The molecule has 2 aromatic carbocycles. The van der Waals surface area contributed by atoms with Crippen molar-refractivity contribution in [3.05, 3.63) is 70.3 Å². The minimum absolute atomic E-state index is 0.0961. The highest BCUT2D eigenvalue weighted by atomic mass is 35.5. The molecule has 2 aromatic rings. The summed E-state index contributed by atoms with van der Waals surface area (Å²) in [5, 5.41) is 7.70. The van der Waals surface area contributed by atoms with Gasteiger partial charge in [0.05, 0.1) is 17.5 Å². The Bertz CT molecular complexity index is 1670. The molecule has 296 valence electrons. The summed E-state index contributed by atoms with van der Waals surface area (Å²) in [6.07, 6.45) is 17.3. The number of halogens is 1. The minimum atomic E-state index is -1.48. The number of nitrogens with zero attached hydrogens (tertiary/aromatic N) is 3. The molecular formula is C44H63ClN4O4S. The van der Waals surface area contributed by atoms with Crippen LogP contribution in [0.4, 0.5) is 5.69 Å². The number of fused-ring (bicyclic) bond motifs is 5. The molecule has 1 saturated carbocycles. The summed E-state index contributed by atoms with van der Waals surface area (Å²) in [6, 6.07) is 13.0. The molecule has 6 aliphatic rings. The van der Waals surface area contributed by atoms with Crippen LogP contribution < -0.4 is 14.4 Å². The zero-order valence-electron chi connectivity index (χ0n) is 32.8. The van der Waals surface area contributed by atoms with E-state index in [2.05, 4.69) is 57.6 Å². The van der Waals surface area contributed by atoms with Gasteiger partial charge in [-0.2, -0.15) is 0 Å². The van der Waals surface area contributed by atoms with Crippen molar-refractivity contribution in [3.8, 4) is 5.75 Å². The Morgan fingerprint density at radius 3 is 2.72 bits per heavy atom. The van der Waals surface area contributed by atoms with Crippen LogP contribution in [0, 0.1) is 23.7 Å². The third-order valence-corrected chi connectivity index (χ3v) is 15.6. The number of piperazine rings is 1. The number of benzene rings is 2. The van der Waals surface area contributed by atoms with Crippen molar-refractivity contribution >= 4 is 34.2 Å². The number of piperidine rings is 1. The number of amides is 1. The van der Waals surface area contributed by atoms with Gasteiger partial charge in [0.2, 0.25) is 0 Å². The van der Waals surface area contributed by atoms with Crippen LogP contribution in [0.5, 0.6) is 5.75 Å². The van der Waals surface area contributed by atoms with Gasteiger partial charge in [-0.25, -0.2) is 4.21 Å².